The minimum absolute atomic E-state index is 0.285. The summed E-state index contributed by atoms with van der Waals surface area (Å²) in [6.07, 6.45) is 2.95. The van der Waals surface area contributed by atoms with Crippen molar-refractivity contribution in [2.24, 2.45) is 0 Å². The Kier molecular flexibility index (Phi) is 4.21. The van der Waals surface area contributed by atoms with Crippen LogP contribution in [0.5, 0.6) is 0 Å². The number of carbonyl (C=O) groups is 1. The summed E-state index contributed by atoms with van der Waals surface area (Å²) < 4.78 is 14.7. The summed E-state index contributed by atoms with van der Waals surface area (Å²) in [6, 6.07) is 13.1. The molecule has 0 spiro atoms. The standard InChI is InChI=1S/C19H15FN6O/c1-12-2-4-13(5-3-12)19(27)25-24-17-16-10-23-26(18(16)22-11-21-17)15-8-6-14(20)7-9-15/h2-11H,1H3,(H,25,27)(H,21,22,24). The second-order valence-corrected chi connectivity index (χ2v) is 5.94. The lowest BCUT2D eigenvalue weighted by Crippen LogP contribution is -2.29. The summed E-state index contributed by atoms with van der Waals surface area (Å²) in [6.45, 7) is 1.95. The number of nitrogens with zero attached hydrogens (tertiary/aromatic N) is 4. The molecule has 0 aliphatic heterocycles. The fourth-order valence-corrected chi connectivity index (χ4v) is 2.61. The molecule has 0 saturated heterocycles. The van der Waals surface area contributed by atoms with Crippen LogP contribution in [0.3, 0.4) is 0 Å². The maximum absolute atomic E-state index is 13.1. The summed E-state index contributed by atoms with van der Waals surface area (Å²) in [7, 11) is 0. The van der Waals surface area contributed by atoms with Gasteiger partial charge in [-0.15, -0.1) is 0 Å². The number of carbonyl (C=O) groups excluding carboxylic acids is 1. The van der Waals surface area contributed by atoms with Crippen LogP contribution in [-0.4, -0.2) is 25.7 Å². The number of hydrogen-bond donors (Lipinski definition) is 2. The van der Waals surface area contributed by atoms with Crippen molar-refractivity contribution in [2.75, 3.05) is 5.43 Å². The molecule has 2 aromatic heterocycles. The SMILES string of the molecule is Cc1ccc(C(=O)NNc2ncnc3c2cnn3-c2ccc(F)cc2)cc1. The molecule has 0 radical (unpaired) electrons. The molecule has 8 heteroatoms. The molecule has 0 aliphatic carbocycles. The van der Waals surface area contributed by atoms with Crippen molar-refractivity contribution in [3.8, 4) is 5.69 Å². The summed E-state index contributed by atoms with van der Waals surface area (Å²) in [5, 5.41) is 4.91. The molecule has 2 aromatic carbocycles. The van der Waals surface area contributed by atoms with Crippen LogP contribution in [0, 0.1) is 12.7 Å². The Morgan fingerprint density at radius 3 is 2.52 bits per heavy atom. The molecule has 0 fully saturated rings. The van der Waals surface area contributed by atoms with Gasteiger partial charge in [0.1, 0.15) is 12.1 Å². The largest absolute Gasteiger partial charge is 0.281 e. The lowest BCUT2D eigenvalue weighted by atomic mass is 10.1. The topological polar surface area (TPSA) is 84.7 Å². The van der Waals surface area contributed by atoms with Crippen LogP contribution >= 0.6 is 0 Å². The Balaban J connectivity index is 1.58. The summed E-state index contributed by atoms with van der Waals surface area (Å²) in [5.74, 6) is -0.201. The van der Waals surface area contributed by atoms with E-state index >= 15 is 0 Å². The van der Waals surface area contributed by atoms with E-state index in [9.17, 15) is 9.18 Å². The molecule has 4 rings (SSSR count). The van der Waals surface area contributed by atoms with Gasteiger partial charge in [-0.1, -0.05) is 17.7 Å². The van der Waals surface area contributed by atoms with Crippen molar-refractivity contribution in [3.05, 3.63) is 78.0 Å². The highest BCUT2D eigenvalue weighted by Gasteiger charge is 2.12. The molecule has 0 atom stereocenters. The third-order valence-corrected chi connectivity index (χ3v) is 4.05. The highest BCUT2D eigenvalue weighted by Crippen LogP contribution is 2.21. The van der Waals surface area contributed by atoms with E-state index < -0.39 is 0 Å². The Labute approximate surface area is 153 Å². The third-order valence-electron chi connectivity index (χ3n) is 4.05. The first-order chi connectivity index (χ1) is 13.1. The number of aromatic nitrogens is 4. The monoisotopic (exact) mass is 362 g/mol. The van der Waals surface area contributed by atoms with Gasteiger partial charge in [-0.25, -0.2) is 19.0 Å². The number of hydrogen-bond acceptors (Lipinski definition) is 5. The van der Waals surface area contributed by atoms with Crippen LogP contribution in [0.1, 0.15) is 15.9 Å². The van der Waals surface area contributed by atoms with Crippen molar-refractivity contribution < 1.29 is 9.18 Å². The number of rotatable bonds is 4. The van der Waals surface area contributed by atoms with Crippen LogP contribution in [0.2, 0.25) is 0 Å². The molecule has 7 nitrogen and oxygen atoms in total. The van der Waals surface area contributed by atoms with Crippen molar-refractivity contribution in [2.45, 2.75) is 6.92 Å². The van der Waals surface area contributed by atoms with E-state index in [-0.39, 0.29) is 11.7 Å². The summed E-state index contributed by atoms with van der Waals surface area (Å²) >= 11 is 0. The van der Waals surface area contributed by atoms with Crippen LogP contribution in [0.4, 0.5) is 10.2 Å². The van der Waals surface area contributed by atoms with Gasteiger partial charge in [0.15, 0.2) is 11.5 Å². The molecule has 2 N–H and O–H groups in total. The number of aryl methyl sites for hydroxylation is 1. The predicted octanol–water partition coefficient (Wildman–Crippen LogP) is 3.02. The van der Waals surface area contributed by atoms with Crippen molar-refractivity contribution in [1.29, 1.82) is 0 Å². The van der Waals surface area contributed by atoms with Gasteiger partial charge in [0.2, 0.25) is 0 Å². The lowest BCUT2D eigenvalue weighted by molar-refractivity contribution is 0.0962. The van der Waals surface area contributed by atoms with Gasteiger partial charge in [-0.05, 0) is 43.3 Å². The van der Waals surface area contributed by atoms with Gasteiger partial charge < -0.3 is 0 Å². The minimum Gasteiger partial charge on any atom is -0.281 e. The Morgan fingerprint density at radius 2 is 1.78 bits per heavy atom. The van der Waals surface area contributed by atoms with Crippen molar-refractivity contribution in [3.63, 3.8) is 0 Å². The molecule has 0 saturated carbocycles. The number of halogens is 1. The van der Waals surface area contributed by atoms with Gasteiger partial charge >= 0.3 is 0 Å². The minimum atomic E-state index is -0.328. The normalized spacial score (nSPS) is 10.7. The van der Waals surface area contributed by atoms with Crippen LogP contribution < -0.4 is 10.9 Å². The number of amides is 1. The first-order valence-electron chi connectivity index (χ1n) is 8.19. The summed E-state index contributed by atoms with van der Waals surface area (Å²) in [5.41, 5.74) is 8.23. The summed E-state index contributed by atoms with van der Waals surface area (Å²) in [4.78, 5) is 20.6. The van der Waals surface area contributed by atoms with E-state index in [4.69, 9.17) is 0 Å². The van der Waals surface area contributed by atoms with Gasteiger partial charge in [-0.2, -0.15) is 5.10 Å². The van der Waals surface area contributed by atoms with E-state index in [1.807, 2.05) is 19.1 Å². The van der Waals surface area contributed by atoms with Crippen LogP contribution in [0.15, 0.2) is 61.1 Å². The maximum Gasteiger partial charge on any atom is 0.269 e. The van der Waals surface area contributed by atoms with E-state index in [1.54, 1.807) is 35.1 Å². The lowest BCUT2D eigenvalue weighted by Gasteiger charge is -2.09. The molecule has 1 amide bonds. The molecule has 2 heterocycles. The number of hydrazine groups is 1. The van der Waals surface area contributed by atoms with E-state index in [1.165, 1.54) is 18.5 Å². The molecule has 0 aliphatic rings. The molecule has 4 aromatic rings. The Bertz CT molecular complexity index is 1110. The molecule has 134 valence electrons. The first-order valence-corrected chi connectivity index (χ1v) is 8.19. The van der Waals surface area contributed by atoms with E-state index in [2.05, 4.69) is 25.9 Å². The molecular formula is C19H15FN6O. The van der Waals surface area contributed by atoms with Crippen molar-refractivity contribution in [1.82, 2.24) is 25.2 Å². The van der Waals surface area contributed by atoms with Gasteiger partial charge in [0.05, 0.1) is 17.3 Å². The number of anilines is 1. The Morgan fingerprint density at radius 1 is 1.04 bits per heavy atom. The molecule has 0 bridgehead atoms. The Hall–Kier alpha value is -3.81. The second-order valence-electron chi connectivity index (χ2n) is 5.94. The van der Waals surface area contributed by atoms with Crippen molar-refractivity contribution >= 4 is 22.8 Å². The quantitative estimate of drug-likeness (QED) is 0.545. The van der Waals surface area contributed by atoms with E-state index in [0.717, 1.165) is 5.56 Å². The maximum atomic E-state index is 13.1. The number of benzene rings is 2. The first kappa shape index (κ1) is 16.6. The van der Waals surface area contributed by atoms with Gasteiger partial charge in [0.25, 0.3) is 5.91 Å². The highest BCUT2D eigenvalue weighted by atomic mass is 19.1. The smallest absolute Gasteiger partial charge is 0.269 e. The fraction of sp³-hybridized carbons (Fsp3) is 0.0526. The number of nitrogens with one attached hydrogen (secondary N) is 2. The molecular weight excluding hydrogens is 347 g/mol. The highest BCUT2D eigenvalue weighted by molar-refractivity contribution is 5.96. The zero-order valence-corrected chi connectivity index (χ0v) is 14.3. The van der Waals surface area contributed by atoms with Gasteiger partial charge in [-0.3, -0.25) is 15.6 Å². The van der Waals surface area contributed by atoms with Crippen LogP contribution in [0.25, 0.3) is 16.7 Å². The van der Waals surface area contributed by atoms with Gasteiger partial charge in [0, 0.05) is 5.56 Å². The molecule has 0 unspecified atom stereocenters. The van der Waals surface area contributed by atoms with E-state index in [0.29, 0.717) is 28.1 Å². The zero-order chi connectivity index (χ0) is 18.8. The zero-order valence-electron chi connectivity index (χ0n) is 14.3. The molecule has 27 heavy (non-hydrogen) atoms. The van der Waals surface area contributed by atoms with Crippen LogP contribution in [-0.2, 0) is 0 Å². The predicted molar refractivity (Wildman–Crippen MR) is 98.9 cm³/mol. The third kappa shape index (κ3) is 3.32. The second kappa shape index (κ2) is 6.83. The average Bonchev–Trinajstić information content (AvgIpc) is 3.12. The average molecular weight is 362 g/mol. The fourth-order valence-electron chi connectivity index (χ4n) is 2.61. The number of fused-ring (bicyclic) bond motifs is 1.